The molecule has 0 amide bonds. The molecule has 17 heavy (non-hydrogen) atoms. The number of aryl methyl sites for hydroxylation is 1. The number of ketones is 1. The predicted octanol–water partition coefficient (Wildman–Crippen LogP) is 3.19. The standard InChI is InChI=1S/C14H12O3/c1-10-4-6-13(15)12(9-10)14(16)7-5-11-3-2-8-17-11/h2-9,15H,1H3. The molecule has 3 nitrogen and oxygen atoms in total. The molecule has 0 unspecified atom stereocenters. The molecular weight excluding hydrogens is 216 g/mol. The first-order chi connectivity index (χ1) is 8.16. The predicted molar refractivity (Wildman–Crippen MR) is 64.9 cm³/mol. The molecule has 2 aromatic rings. The average Bonchev–Trinajstić information content (AvgIpc) is 2.82. The number of benzene rings is 1. The maximum atomic E-state index is 11.8. The van der Waals surface area contributed by atoms with E-state index in [-0.39, 0.29) is 11.5 Å². The van der Waals surface area contributed by atoms with Crippen molar-refractivity contribution < 1.29 is 14.3 Å². The van der Waals surface area contributed by atoms with Gasteiger partial charge in [-0.2, -0.15) is 0 Å². The van der Waals surface area contributed by atoms with Gasteiger partial charge in [0, 0.05) is 0 Å². The van der Waals surface area contributed by atoms with Crippen molar-refractivity contribution >= 4 is 11.9 Å². The first kappa shape index (κ1) is 11.2. The van der Waals surface area contributed by atoms with Crippen molar-refractivity contribution in [1.82, 2.24) is 0 Å². The van der Waals surface area contributed by atoms with E-state index in [4.69, 9.17) is 4.42 Å². The van der Waals surface area contributed by atoms with Gasteiger partial charge in [-0.25, -0.2) is 0 Å². The van der Waals surface area contributed by atoms with Gasteiger partial charge in [-0.05, 0) is 43.3 Å². The second-order valence-corrected chi connectivity index (χ2v) is 3.73. The Kier molecular flexibility index (Phi) is 3.10. The van der Waals surface area contributed by atoms with Crippen LogP contribution in [0.1, 0.15) is 21.7 Å². The third kappa shape index (κ3) is 2.64. The van der Waals surface area contributed by atoms with E-state index in [9.17, 15) is 9.90 Å². The van der Waals surface area contributed by atoms with Gasteiger partial charge in [0.1, 0.15) is 11.5 Å². The lowest BCUT2D eigenvalue weighted by Crippen LogP contribution is -1.95. The number of carbonyl (C=O) groups is 1. The van der Waals surface area contributed by atoms with Gasteiger partial charge in [0.15, 0.2) is 5.78 Å². The molecule has 0 aliphatic heterocycles. The fraction of sp³-hybridized carbons (Fsp3) is 0.0714. The number of hydrogen-bond donors (Lipinski definition) is 1. The van der Waals surface area contributed by atoms with Gasteiger partial charge in [-0.1, -0.05) is 11.6 Å². The van der Waals surface area contributed by atoms with Crippen molar-refractivity contribution in [2.24, 2.45) is 0 Å². The second-order valence-electron chi connectivity index (χ2n) is 3.73. The van der Waals surface area contributed by atoms with Gasteiger partial charge in [-0.3, -0.25) is 4.79 Å². The molecule has 0 aliphatic carbocycles. The van der Waals surface area contributed by atoms with E-state index >= 15 is 0 Å². The smallest absolute Gasteiger partial charge is 0.189 e. The van der Waals surface area contributed by atoms with E-state index in [1.54, 1.807) is 30.3 Å². The highest BCUT2D eigenvalue weighted by atomic mass is 16.3. The molecule has 3 heteroatoms. The van der Waals surface area contributed by atoms with E-state index < -0.39 is 0 Å². The highest BCUT2D eigenvalue weighted by Gasteiger charge is 2.08. The summed E-state index contributed by atoms with van der Waals surface area (Å²) in [5.74, 6) is 0.345. The lowest BCUT2D eigenvalue weighted by molar-refractivity contribution is 0.104. The maximum Gasteiger partial charge on any atom is 0.189 e. The van der Waals surface area contributed by atoms with Crippen molar-refractivity contribution in [3.8, 4) is 5.75 Å². The van der Waals surface area contributed by atoms with Crippen LogP contribution in [0.5, 0.6) is 5.75 Å². The molecule has 2 rings (SSSR count). The Hall–Kier alpha value is -2.29. The molecule has 1 aromatic carbocycles. The monoisotopic (exact) mass is 228 g/mol. The molecule has 0 aliphatic rings. The zero-order valence-electron chi connectivity index (χ0n) is 9.38. The molecule has 1 N–H and O–H groups in total. The Morgan fingerprint density at radius 1 is 1.35 bits per heavy atom. The zero-order valence-corrected chi connectivity index (χ0v) is 9.38. The number of hydrogen-bond acceptors (Lipinski definition) is 3. The minimum absolute atomic E-state index is 0.00954. The van der Waals surface area contributed by atoms with Gasteiger partial charge >= 0.3 is 0 Å². The van der Waals surface area contributed by atoms with Crippen LogP contribution in [0.3, 0.4) is 0 Å². The van der Waals surface area contributed by atoms with Crippen LogP contribution in [0, 0.1) is 6.92 Å². The molecule has 0 radical (unpaired) electrons. The van der Waals surface area contributed by atoms with Crippen molar-refractivity contribution in [1.29, 1.82) is 0 Å². The van der Waals surface area contributed by atoms with E-state index in [0.29, 0.717) is 11.3 Å². The maximum absolute atomic E-state index is 11.8. The van der Waals surface area contributed by atoms with Crippen molar-refractivity contribution in [3.05, 3.63) is 59.6 Å². The van der Waals surface area contributed by atoms with Crippen molar-refractivity contribution in [2.75, 3.05) is 0 Å². The third-order valence-corrected chi connectivity index (χ3v) is 2.36. The Morgan fingerprint density at radius 2 is 2.18 bits per heavy atom. The SMILES string of the molecule is Cc1ccc(O)c(C(=O)C=Cc2ccco2)c1. The Balaban J connectivity index is 2.23. The van der Waals surface area contributed by atoms with Crippen LogP contribution in [0.2, 0.25) is 0 Å². The molecule has 0 saturated carbocycles. The second kappa shape index (κ2) is 4.70. The number of phenols is 1. The number of furan rings is 1. The highest BCUT2D eigenvalue weighted by molar-refractivity contribution is 6.08. The fourth-order valence-corrected chi connectivity index (χ4v) is 1.48. The summed E-state index contributed by atoms with van der Waals surface area (Å²) in [7, 11) is 0. The van der Waals surface area contributed by atoms with E-state index in [1.807, 2.05) is 6.92 Å². The average molecular weight is 228 g/mol. The molecule has 0 atom stereocenters. The zero-order chi connectivity index (χ0) is 12.3. The molecule has 0 fully saturated rings. The third-order valence-electron chi connectivity index (χ3n) is 2.36. The largest absolute Gasteiger partial charge is 0.507 e. The van der Waals surface area contributed by atoms with Gasteiger partial charge in [0.2, 0.25) is 0 Å². The van der Waals surface area contributed by atoms with Gasteiger partial charge in [0.05, 0.1) is 11.8 Å². The number of allylic oxidation sites excluding steroid dienone is 1. The number of phenolic OH excluding ortho intramolecular Hbond substituents is 1. The Labute approximate surface area is 99.0 Å². The molecule has 0 spiro atoms. The van der Waals surface area contributed by atoms with E-state index in [2.05, 4.69) is 0 Å². The lowest BCUT2D eigenvalue weighted by atomic mass is 10.1. The molecule has 1 heterocycles. The van der Waals surface area contributed by atoms with E-state index in [0.717, 1.165) is 5.56 Å². The molecule has 0 bridgehead atoms. The first-order valence-electron chi connectivity index (χ1n) is 5.22. The van der Waals surface area contributed by atoms with Crippen molar-refractivity contribution in [2.45, 2.75) is 6.92 Å². The summed E-state index contributed by atoms with van der Waals surface area (Å²) in [6, 6.07) is 8.42. The quantitative estimate of drug-likeness (QED) is 0.648. The summed E-state index contributed by atoms with van der Waals surface area (Å²) in [4.78, 5) is 11.8. The first-order valence-corrected chi connectivity index (χ1v) is 5.22. The van der Waals surface area contributed by atoms with E-state index in [1.165, 1.54) is 18.4 Å². The number of aromatic hydroxyl groups is 1. The molecule has 0 saturated heterocycles. The molecular formula is C14H12O3. The molecule has 1 aromatic heterocycles. The van der Waals surface area contributed by atoms with Crippen LogP contribution in [0.4, 0.5) is 0 Å². The van der Waals surface area contributed by atoms with Crippen LogP contribution in [0.15, 0.2) is 47.1 Å². The van der Waals surface area contributed by atoms with Crippen LogP contribution >= 0.6 is 0 Å². The van der Waals surface area contributed by atoms with Crippen LogP contribution in [-0.4, -0.2) is 10.9 Å². The van der Waals surface area contributed by atoms with Crippen LogP contribution in [-0.2, 0) is 0 Å². The Morgan fingerprint density at radius 3 is 2.88 bits per heavy atom. The summed E-state index contributed by atoms with van der Waals surface area (Å²) in [5.41, 5.74) is 1.23. The van der Waals surface area contributed by atoms with Crippen molar-refractivity contribution in [3.63, 3.8) is 0 Å². The topological polar surface area (TPSA) is 50.4 Å². The van der Waals surface area contributed by atoms with Crippen LogP contribution in [0.25, 0.3) is 6.08 Å². The molecule has 86 valence electrons. The lowest BCUT2D eigenvalue weighted by Gasteiger charge is -2.01. The Bertz CT molecular complexity index is 551. The van der Waals surface area contributed by atoms with Gasteiger partial charge < -0.3 is 9.52 Å². The fourth-order valence-electron chi connectivity index (χ4n) is 1.48. The number of carbonyl (C=O) groups excluding carboxylic acids is 1. The highest BCUT2D eigenvalue weighted by Crippen LogP contribution is 2.19. The summed E-state index contributed by atoms with van der Waals surface area (Å²) >= 11 is 0. The van der Waals surface area contributed by atoms with Gasteiger partial charge in [-0.15, -0.1) is 0 Å². The summed E-state index contributed by atoms with van der Waals surface area (Å²) in [6.45, 7) is 1.87. The minimum Gasteiger partial charge on any atom is -0.507 e. The summed E-state index contributed by atoms with van der Waals surface area (Å²) < 4.78 is 5.07. The summed E-state index contributed by atoms with van der Waals surface area (Å²) in [6.07, 6.45) is 4.49. The minimum atomic E-state index is -0.248. The van der Waals surface area contributed by atoms with Gasteiger partial charge in [0.25, 0.3) is 0 Å². The summed E-state index contributed by atoms with van der Waals surface area (Å²) in [5, 5.41) is 9.58. The van der Waals surface area contributed by atoms with Crippen LogP contribution < -0.4 is 0 Å². The number of rotatable bonds is 3. The normalized spacial score (nSPS) is 10.9.